The van der Waals surface area contributed by atoms with Gasteiger partial charge in [-0.2, -0.15) is 0 Å². The summed E-state index contributed by atoms with van der Waals surface area (Å²) in [4.78, 5) is 11.4. The second-order valence-corrected chi connectivity index (χ2v) is 5.65. The van der Waals surface area contributed by atoms with Gasteiger partial charge in [-0.1, -0.05) is 30.3 Å². The highest BCUT2D eigenvalue weighted by molar-refractivity contribution is 5.89. The minimum atomic E-state index is -0.693. The smallest absolute Gasteiger partial charge is 0.337 e. The molecule has 134 valence electrons. The monoisotopic (exact) mass is 353 g/mol. The number of methoxy groups -OCH3 is 1. The summed E-state index contributed by atoms with van der Waals surface area (Å²) in [5, 5.41) is 25.1. The largest absolute Gasteiger partial charge is 0.465 e. The number of ether oxygens (including phenoxy) is 1. The van der Waals surface area contributed by atoms with E-state index in [-0.39, 0.29) is 12.5 Å². The molecule has 0 amide bonds. The SMILES string of the molecule is COC(=O)c1ccc(NCC(O)Cn2nnnc2-c2ccccc2)cc1. The van der Waals surface area contributed by atoms with Crippen LogP contribution in [0.15, 0.2) is 54.6 Å². The predicted octanol–water partition coefficient (Wildman–Crippen LogP) is 1.60. The van der Waals surface area contributed by atoms with Crippen LogP contribution in [0.2, 0.25) is 0 Å². The fourth-order valence-electron chi connectivity index (χ4n) is 2.46. The van der Waals surface area contributed by atoms with Crippen molar-refractivity contribution in [2.45, 2.75) is 12.6 Å². The molecular formula is C18H19N5O3. The number of benzene rings is 2. The first-order valence-electron chi connectivity index (χ1n) is 8.09. The number of carbonyl (C=O) groups is 1. The van der Waals surface area contributed by atoms with E-state index in [9.17, 15) is 9.90 Å². The molecule has 2 N–H and O–H groups in total. The van der Waals surface area contributed by atoms with Crippen LogP contribution in [0.3, 0.4) is 0 Å². The maximum Gasteiger partial charge on any atom is 0.337 e. The lowest BCUT2D eigenvalue weighted by molar-refractivity contribution is 0.0600. The van der Waals surface area contributed by atoms with Gasteiger partial charge in [0.1, 0.15) is 0 Å². The Morgan fingerprint density at radius 2 is 1.92 bits per heavy atom. The van der Waals surface area contributed by atoms with Crippen LogP contribution in [0.25, 0.3) is 11.4 Å². The molecule has 0 fully saturated rings. The molecule has 1 aromatic heterocycles. The van der Waals surface area contributed by atoms with E-state index >= 15 is 0 Å². The molecule has 8 nitrogen and oxygen atoms in total. The molecule has 1 atom stereocenters. The van der Waals surface area contributed by atoms with E-state index in [1.165, 1.54) is 7.11 Å². The van der Waals surface area contributed by atoms with Gasteiger partial charge in [0.2, 0.25) is 0 Å². The van der Waals surface area contributed by atoms with Crippen molar-refractivity contribution < 1.29 is 14.6 Å². The summed E-state index contributed by atoms with van der Waals surface area (Å²) in [7, 11) is 1.34. The number of aromatic nitrogens is 4. The molecular weight excluding hydrogens is 334 g/mol. The number of tetrazole rings is 1. The van der Waals surface area contributed by atoms with Crippen molar-refractivity contribution in [3.05, 3.63) is 60.2 Å². The molecule has 2 aromatic carbocycles. The first-order valence-corrected chi connectivity index (χ1v) is 8.09. The van der Waals surface area contributed by atoms with Gasteiger partial charge < -0.3 is 15.2 Å². The fraction of sp³-hybridized carbons (Fsp3) is 0.222. The maximum absolute atomic E-state index is 11.4. The van der Waals surface area contributed by atoms with Gasteiger partial charge in [-0.25, -0.2) is 9.48 Å². The number of hydrogen-bond acceptors (Lipinski definition) is 7. The zero-order chi connectivity index (χ0) is 18.4. The van der Waals surface area contributed by atoms with E-state index in [4.69, 9.17) is 0 Å². The molecule has 1 unspecified atom stereocenters. The molecule has 3 rings (SSSR count). The average Bonchev–Trinajstić information content (AvgIpc) is 3.15. The molecule has 0 aliphatic carbocycles. The maximum atomic E-state index is 11.4. The number of aliphatic hydroxyl groups excluding tert-OH is 1. The third-order valence-electron chi connectivity index (χ3n) is 3.80. The molecule has 0 spiro atoms. The Bertz CT molecular complexity index is 849. The van der Waals surface area contributed by atoms with Gasteiger partial charge in [0.15, 0.2) is 5.82 Å². The lowest BCUT2D eigenvalue weighted by Crippen LogP contribution is -2.26. The van der Waals surface area contributed by atoms with Crippen LogP contribution in [0.5, 0.6) is 0 Å². The van der Waals surface area contributed by atoms with Crippen molar-refractivity contribution in [3.8, 4) is 11.4 Å². The van der Waals surface area contributed by atoms with Crippen LogP contribution >= 0.6 is 0 Å². The quantitative estimate of drug-likeness (QED) is 0.622. The van der Waals surface area contributed by atoms with Crippen molar-refractivity contribution in [2.75, 3.05) is 19.0 Å². The molecule has 0 aliphatic heterocycles. The number of nitrogens with zero attached hydrogens (tertiary/aromatic N) is 4. The molecule has 0 radical (unpaired) electrons. The highest BCUT2D eigenvalue weighted by atomic mass is 16.5. The second kappa shape index (κ2) is 8.21. The van der Waals surface area contributed by atoms with E-state index in [0.717, 1.165) is 11.3 Å². The summed E-state index contributed by atoms with van der Waals surface area (Å²) < 4.78 is 6.23. The third-order valence-corrected chi connectivity index (χ3v) is 3.80. The predicted molar refractivity (Wildman–Crippen MR) is 95.5 cm³/mol. The standard InChI is InChI=1S/C18H19N5O3/c1-26-18(25)14-7-9-15(10-8-14)19-11-16(24)12-23-17(20-21-22-23)13-5-3-2-4-6-13/h2-10,16,19,24H,11-12H2,1H3. The van der Waals surface area contributed by atoms with E-state index in [1.807, 2.05) is 30.3 Å². The zero-order valence-corrected chi connectivity index (χ0v) is 14.2. The van der Waals surface area contributed by atoms with Crippen LogP contribution in [-0.4, -0.2) is 51.0 Å². The lowest BCUT2D eigenvalue weighted by atomic mass is 10.2. The van der Waals surface area contributed by atoms with E-state index in [1.54, 1.807) is 28.9 Å². The summed E-state index contributed by atoms with van der Waals surface area (Å²) in [6.45, 7) is 0.566. The van der Waals surface area contributed by atoms with Gasteiger partial charge in [0, 0.05) is 17.8 Å². The summed E-state index contributed by atoms with van der Waals surface area (Å²) in [6.07, 6.45) is -0.693. The summed E-state index contributed by atoms with van der Waals surface area (Å²) in [5.74, 6) is 0.218. The van der Waals surface area contributed by atoms with Crippen LogP contribution in [0.4, 0.5) is 5.69 Å². The van der Waals surface area contributed by atoms with Crippen LogP contribution in [-0.2, 0) is 11.3 Å². The van der Waals surface area contributed by atoms with Crippen molar-refractivity contribution in [1.82, 2.24) is 20.2 Å². The third kappa shape index (κ3) is 4.22. The zero-order valence-electron chi connectivity index (χ0n) is 14.2. The van der Waals surface area contributed by atoms with Crippen molar-refractivity contribution in [3.63, 3.8) is 0 Å². The van der Waals surface area contributed by atoms with Crippen molar-refractivity contribution >= 4 is 11.7 Å². The number of anilines is 1. The lowest BCUT2D eigenvalue weighted by Gasteiger charge is -2.14. The molecule has 8 heteroatoms. The average molecular weight is 353 g/mol. The Balaban J connectivity index is 1.58. The molecule has 0 aliphatic rings. The Hall–Kier alpha value is -3.26. The normalized spacial score (nSPS) is 11.8. The number of aliphatic hydroxyl groups is 1. The summed E-state index contributed by atoms with van der Waals surface area (Å²) in [6, 6.07) is 16.4. The van der Waals surface area contributed by atoms with Crippen molar-refractivity contribution in [2.24, 2.45) is 0 Å². The minimum absolute atomic E-state index is 0.254. The summed E-state index contributed by atoms with van der Waals surface area (Å²) >= 11 is 0. The van der Waals surface area contributed by atoms with Crippen LogP contribution in [0.1, 0.15) is 10.4 Å². The van der Waals surface area contributed by atoms with Crippen LogP contribution in [0, 0.1) is 0 Å². The van der Waals surface area contributed by atoms with E-state index in [2.05, 4.69) is 25.6 Å². The first kappa shape index (κ1) is 17.6. The van der Waals surface area contributed by atoms with Gasteiger partial charge in [-0.05, 0) is 34.7 Å². The Morgan fingerprint density at radius 3 is 2.62 bits per heavy atom. The molecule has 3 aromatic rings. The molecule has 0 bridgehead atoms. The fourth-order valence-corrected chi connectivity index (χ4v) is 2.46. The Morgan fingerprint density at radius 1 is 1.19 bits per heavy atom. The number of rotatable bonds is 7. The van der Waals surface area contributed by atoms with Gasteiger partial charge in [-0.3, -0.25) is 0 Å². The highest BCUT2D eigenvalue weighted by Crippen LogP contribution is 2.15. The second-order valence-electron chi connectivity index (χ2n) is 5.65. The van der Waals surface area contributed by atoms with Crippen LogP contribution < -0.4 is 5.32 Å². The highest BCUT2D eigenvalue weighted by Gasteiger charge is 2.13. The van der Waals surface area contributed by atoms with Gasteiger partial charge in [-0.15, -0.1) is 5.10 Å². The topological polar surface area (TPSA) is 102 Å². The minimum Gasteiger partial charge on any atom is -0.465 e. The Labute approximate surface area is 150 Å². The molecule has 26 heavy (non-hydrogen) atoms. The van der Waals surface area contributed by atoms with E-state index < -0.39 is 6.10 Å². The molecule has 1 heterocycles. The van der Waals surface area contributed by atoms with Gasteiger partial charge >= 0.3 is 5.97 Å². The van der Waals surface area contributed by atoms with Gasteiger partial charge in [0.05, 0.1) is 25.3 Å². The van der Waals surface area contributed by atoms with E-state index in [0.29, 0.717) is 17.9 Å². The summed E-state index contributed by atoms with van der Waals surface area (Å²) in [5.41, 5.74) is 2.15. The Kier molecular flexibility index (Phi) is 5.55. The van der Waals surface area contributed by atoms with Crippen molar-refractivity contribution in [1.29, 1.82) is 0 Å². The molecule has 0 saturated carbocycles. The number of nitrogens with one attached hydrogen (secondary N) is 1. The molecule has 0 saturated heterocycles. The first-order chi connectivity index (χ1) is 12.7. The number of esters is 1. The van der Waals surface area contributed by atoms with Gasteiger partial charge in [0.25, 0.3) is 0 Å². The number of hydrogen-bond donors (Lipinski definition) is 2. The number of carbonyl (C=O) groups excluding carboxylic acids is 1.